The van der Waals surface area contributed by atoms with Gasteiger partial charge in [-0.2, -0.15) is 0 Å². The summed E-state index contributed by atoms with van der Waals surface area (Å²) in [4.78, 5) is 15.7. The van der Waals surface area contributed by atoms with Crippen molar-refractivity contribution in [2.45, 2.75) is 26.3 Å². The Morgan fingerprint density at radius 3 is 2.80 bits per heavy atom. The summed E-state index contributed by atoms with van der Waals surface area (Å²) in [5.41, 5.74) is 1.97. The lowest BCUT2D eigenvalue weighted by molar-refractivity contribution is -0.142. The van der Waals surface area contributed by atoms with Crippen LogP contribution in [0.3, 0.4) is 0 Å². The third-order valence-corrected chi connectivity index (χ3v) is 3.06. The minimum atomic E-state index is -0.451. The van der Waals surface area contributed by atoms with E-state index in [1.807, 2.05) is 44.2 Å². The molecule has 2 aromatic rings. The van der Waals surface area contributed by atoms with Crippen molar-refractivity contribution in [3.63, 3.8) is 0 Å². The molecule has 1 aromatic heterocycles. The Kier molecular flexibility index (Phi) is 7.04. The summed E-state index contributed by atoms with van der Waals surface area (Å²) in [7, 11) is 1.37. The molecule has 0 aliphatic carbocycles. The van der Waals surface area contributed by atoms with Crippen LogP contribution < -0.4 is 4.72 Å². The second kappa shape index (κ2) is 8.55. The molecule has 4 nitrogen and oxygen atoms in total. The van der Waals surface area contributed by atoms with Gasteiger partial charge in [-0.15, -0.1) is 0 Å². The summed E-state index contributed by atoms with van der Waals surface area (Å²) >= 11 is 3.95. The van der Waals surface area contributed by atoms with Crippen molar-refractivity contribution in [3.8, 4) is 0 Å². The Morgan fingerprint density at radius 2 is 2.15 bits per heavy atom. The third kappa shape index (κ3) is 4.21. The lowest BCUT2D eigenvalue weighted by atomic mass is 10.0. The lowest BCUT2D eigenvalue weighted by Gasteiger charge is -2.13. The van der Waals surface area contributed by atoms with E-state index in [0.29, 0.717) is 6.42 Å². The summed E-state index contributed by atoms with van der Waals surface area (Å²) in [6.07, 6.45) is 2.29. The smallest absolute Gasteiger partial charge is 0.324 e. The molecule has 1 heterocycles. The molecule has 108 valence electrons. The fourth-order valence-corrected chi connectivity index (χ4v) is 2.01. The molecular weight excluding hydrogens is 272 g/mol. The standard InChI is InChI=1S/C13H14N2O2S.C2H6/c1-17-13(16)12(15-18)8-9-4-5-11-10(7-9)3-2-6-14-11;1-2/h2-7,12,15,18H,8H2,1H3;1-2H3. The largest absolute Gasteiger partial charge is 0.468 e. The molecular formula is C15H20N2O2S. The molecule has 0 bridgehead atoms. The number of thiol groups is 1. The number of methoxy groups -OCH3 is 1. The van der Waals surface area contributed by atoms with Crippen molar-refractivity contribution >= 4 is 29.7 Å². The molecule has 20 heavy (non-hydrogen) atoms. The Hall–Kier alpha value is -1.59. The number of hydrogen-bond acceptors (Lipinski definition) is 5. The van der Waals surface area contributed by atoms with Crippen molar-refractivity contribution in [2.75, 3.05) is 7.11 Å². The zero-order valence-electron chi connectivity index (χ0n) is 12.0. The first kappa shape index (κ1) is 16.5. The minimum absolute atomic E-state index is 0.323. The van der Waals surface area contributed by atoms with Crippen molar-refractivity contribution in [1.82, 2.24) is 9.71 Å². The summed E-state index contributed by atoms with van der Waals surface area (Å²) in [5.74, 6) is -0.323. The van der Waals surface area contributed by atoms with Crippen LogP contribution in [-0.4, -0.2) is 24.1 Å². The number of hydrogen-bond donors (Lipinski definition) is 2. The number of fused-ring (bicyclic) bond motifs is 1. The van der Waals surface area contributed by atoms with Crippen LogP contribution in [0.5, 0.6) is 0 Å². The van der Waals surface area contributed by atoms with Gasteiger partial charge in [0.25, 0.3) is 0 Å². The predicted molar refractivity (Wildman–Crippen MR) is 84.7 cm³/mol. The average Bonchev–Trinajstić information content (AvgIpc) is 2.53. The maximum atomic E-state index is 11.5. The van der Waals surface area contributed by atoms with Crippen LogP contribution in [0.25, 0.3) is 10.9 Å². The third-order valence-electron chi connectivity index (χ3n) is 2.75. The Labute approximate surface area is 125 Å². The van der Waals surface area contributed by atoms with E-state index in [0.717, 1.165) is 16.5 Å². The Morgan fingerprint density at radius 1 is 1.40 bits per heavy atom. The quantitative estimate of drug-likeness (QED) is 0.672. The lowest BCUT2D eigenvalue weighted by Crippen LogP contribution is -2.34. The van der Waals surface area contributed by atoms with Gasteiger partial charge in [-0.05, 0) is 30.2 Å². The van der Waals surface area contributed by atoms with Crippen molar-refractivity contribution in [1.29, 1.82) is 0 Å². The number of carbonyl (C=O) groups excluding carboxylic acids is 1. The van der Waals surface area contributed by atoms with Crippen LogP contribution >= 0.6 is 12.8 Å². The van der Waals surface area contributed by atoms with Crippen LogP contribution in [0.2, 0.25) is 0 Å². The van der Waals surface area contributed by atoms with Crippen LogP contribution in [0.1, 0.15) is 19.4 Å². The number of nitrogens with one attached hydrogen (secondary N) is 1. The number of ether oxygens (including phenoxy) is 1. The molecule has 0 saturated carbocycles. The van der Waals surface area contributed by atoms with Crippen molar-refractivity contribution in [2.24, 2.45) is 0 Å². The molecule has 2 rings (SSSR count). The molecule has 1 atom stereocenters. The van der Waals surface area contributed by atoms with Crippen LogP contribution in [0.15, 0.2) is 36.5 Å². The van der Waals surface area contributed by atoms with Gasteiger partial charge >= 0.3 is 5.97 Å². The molecule has 0 amide bonds. The van der Waals surface area contributed by atoms with E-state index in [2.05, 4.69) is 22.5 Å². The van der Waals surface area contributed by atoms with Gasteiger partial charge in [0.1, 0.15) is 6.04 Å². The number of benzene rings is 1. The molecule has 0 radical (unpaired) electrons. The monoisotopic (exact) mass is 292 g/mol. The average molecular weight is 292 g/mol. The Balaban J connectivity index is 0.000000956. The highest BCUT2D eigenvalue weighted by molar-refractivity contribution is 7.78. The highest BCUT2D eigenvalue weighted by Gasteiger charge is 2.17. The van der Waals surface area contributed by atoms with Crippen LogP contribution in [0, 0.1) is 0 Å². The SMILES string of the molecule is CC.COC(=O)C(Cc1ccc2ncccc2c1)NS. The van der Waals surface area contributed by atoms with Gasteiger partial charge in [0.05, 0.1) is 12.6 Å². The fraction of sp³-hybridized carbons (Fsp3) is 0.333. The van der Waals surface area contributed by atoms with E-state index in [4.69, 9.17) is 4.74 Å². The fourth-order valence-electron chi connectivity index (χ4n) is 1.81. The molecule has 0 saturated heterocycles. The first-order valence-corrected chi connectivity index (χ1v) is 7.00. The molecule has 1 N–H and O–H groups in total. The topological polar surface area (TPSA) is 51.2 Å². The molecule has 0 aliphatic heterocycles. The highest BCUT2D eigenvalue weighted by atomic mass is 32.1. The van der Waals surface area contributed by atoms with E-state index in [9.17, 15) is 4.79 Å². The van der Waals surface area contributed by atoms with Gasteiger partial charge in [-0.1, -0.05) is 38.8 Å². The first-order chi connectivity index (χ1) is 9.74. The van der Waals surface area contributed by atoms with Crippen molar-refractivity contribution < 1.29 is 9.53 Å². The second-order valence-electron chi connectivity index (χ2n) is 3.94. The Bertz CT molecular complexity index is 560. The van der Waals surface area contributed by atoms with Gasteiger partial charge in [0.2, 0.25) is 0 Å². The van der Waals surface area contributed by atoms with E-state index >= 15 is 0 Å². The van der Waals surface area contributed by atoms with E-state index in [-0.39, 0.29) is 5.97 Å². The zero-order chi connectivity index (χ0) is 15.0. The molecule has 1 aromatic carbocycles. The molecule has 0 fully saturated rings. The van der Waals surface area contributed by atoms with Gasteiger partial charge in [-0.25, -0.2) is 0 Å². The minimum Gasteiger partial charge on any atom is -0.468 e. The molecule has 0 spiro atoms. The van der Waals surface area contributed by atoms with Gasteiger partial charge in [0, 0.05) is 11.6 Å². The van der Waals surface area contributed by atoms with E-state index < -0.39 is 6.04 Å². The predicted octanol–water partition coefficient (Wildman–Crippen LogP) is 2.78. The van der Waals surface area contributed by atoms with Gasteiger partial charge in [0.15, 0.2) is 0 Å². The van der Waals surface area contributed by atoms with Gasteiger partial charge < -0.3 is 4.74 Å². The highest BCUT2D eigenvalue weighted by Crippen LogP contribution is 2.15. The number of aromatic nitrogens is 1. The summed E-state index contributed by atoms with van der Waals surface area (Å²) in [5, 5.41) is 1.05. The zero-order valence-corrected chi connectivity index (χ0v) is 12.9. The molecule has 1 unspecified atom stereocenters. The number of rotatable bonds is 4. The van der Waals surface area contributed by atoms with Crippen LogP contribution in [-0.2, 0) is 16.0 Å². The summed E-state index contributed by atoms with van der Waals surface area (Å²) in [6.45, 7) is 4.00. The number of nitrogens with zero attached hydrogens (tertiary/aromatic N) is 1. The number of pyridine rings is 1. The summed E-state index contributed by atoms with van der Waals surface area (Å²) in [6, 6.07) is 9.35. The van der Waals surface area contributed by atoms with E-state index in [1.54, 1.807) is 6.20 Å². The maximum absolute atomic E-state index is 11.5. The van der Waals surface area contributed by atoms with Crippen LogP contribution in [0.4, 0.5) is 0 Å². The number of carbonyl (C=O) groups is 1. The second-order valence-corrected chi connectivity index (χ2v) is 4.20. The van der Waals surface area contributed by atoms with Gasteiger partial charge in [-0.3, -0.25) is 14.5 Å². The van der Waals surface area contributed by atoms with Crippen molar-refractivity contribution in [3.05, 3.63) is 42.1 Å². The summed E-state index contributed by atoms with van der Waals surface area (Å²) < 4.78 is 7.35. The van der Waals surface area contributed by atoms with E-state index in [1.165, 1.54) is 7.11 Å². The number of esters is 1. The first-order valence-electron chi connectivity index (χ1n) is 6.55. The molecule has 0 aliphatic rings. The molecule has 5 heteroatoms. The normalized spacial score (nSPS) is 11.4. The maximum Gasteiger partial charge on any atom is 0.324 e.